The Morgan fingerprint density at radius 1 is 1.40 bits per heavy atom. The van der Waals surface area contributed by atoms with Gasteiger partial charge in [0, 0.05) is 12.6 Å². The largest absolute Gasteiger partial charge is 0.466 e. The maximum atomic E-state index is 12.3. The Morgan fingerprint density at radius 3 is 2.65 bits per heavy atom. The minimum Gasteiger partial charge on any atom is -0.466 e. The Kier molecular flexibility index (Phi) is 4.68. The molecule has 1 aliphatic heterocycles. The fourth-order valence-corrected chi connectivity index (χ4v) is 2.90. The number of rotatable bonds is 6. The van der Waals surface area contributed by atoms with E-state index in [1.165, 1.54) is 0 Å². The van der Waals surface area contributed by atoms with Crippen LogP contribution in [0.25, 0.3) is 0 Å². The van der Waals surface area contributed by atoms with Crippen molar-refractivity contribution in [3.8, 4) is 0 Å². The topological polar surface area (TPSA) is 58.6 Å². The summed E-state index contributed by atoms with van der Waals surface area (Å²) in [7, 11) is 0. The number of ether oxygens (including phenoxy) is 1. The lowest BCUT2D eigenvalue weighted by Gasteiger charge is -2.30. The molecule has 0 radical (unpaired) electrons. The molecule has 114 valence electrons. The normalized spacial score (nSPS) is 26.8. The van der Waals surface area contributed by atoms with Gasteiger partial charge in [0.1, 0.15) is 0 Å². The SMILES string of the molecule is CCOC(=O)C1(C(C)C)CCN(CC(=O)NC2CC2)C1. The highest BCUT2D eigenvalue weighted by molar-refractivity contribution is 5.80. The molecule has 0 aromatic rings. The van der Waals surface area contributed by atoms with E-state index in [-0.39, 0.29) is 17.8 Å². The fourth-order valence-electron chi connectivity index (χ4n) is 2.90. The summed E-state index contributed by atoms with van der Waals surface area (Å²) in [4.78, 5) is 26.2. The summed E-state index contributed by atoms with van der Waals surface area (Å²) in [5.41, 5.74) is -0.449. The van der Waals surface area contributed by atoms with Gasteiger partial charge in [-0.2, -0.15) is 0 Å². The number of likely N-dealkylation sites (tertiary alicyclic amines) is 1. The number of nitrogens with zero attached hydrogens (tertiary/aromatic N) is 1. The van der Waals surface area contributed by atoms with E-state index in [0.717, 1.165) is 25.8 Å². The molecule has 1 saturated heterocycles. The highest BCUT2D eigenvalue weighted by Gasteiger charge is 2.48. The highest BCUT2D eigenvalue weighted by Crippen LogP contribution is 2.39. The van der Waals surface area contributed by atoms with Crippen molar-refractivity contribution in [1.29, 1.82) is 0 Å². The van der Waals surface area contributed by atoms with Crippen molar-refractivity contribution in [1.82, 2.24) is 10.2 Å². The van der Waals surface area contributed by atoms with E-state index in [1.54, 1.807) is 0 Å². The smallest absolute Gasteiger partial charge is 0.313 e. The zero-order valence-corrected chi connectivity index (χ0v) is 12.8. The summed E-state index contributed by atoms with van der Waals surface area (Å²) >= 11 is 0. The molecular formula is C15H26N2O3. The molecule has 1 aliphatic carbocycles. The average Bonchev–Trinajstić information content (AvgIpc) is 3.06. The van der Waals surface area contributed by atoms with Gasteiger partial charge in [0.25, 0.3) is 0 Å². The molecule has 0 aromatic heterocycles. The van der Waals surface area contributed by atoms with Gasteiger partial charge in [-0.05, 0) is 38.6 Å². The minimum absolute atomic E-state index is 0.0796. The summed E-state index contributed by atoms with van der Waals surface area (Å²) in [5.74, 6) is 0.189. The first-order valence-corrected chi connectivity index (χ1v) is 7.67. The third kappa shape index (κ3) is 3.32. The van der Waals surface area contributed by atoms with Crippen molar-refractivity contribution < 1.29 is 14.3 Å². The fraction of sp³-hybridized carbons (Fsp3) is 0.867. The first-order valence-electron chi connectivity index (χ1n) is 7.67. The Bertz CT molecular complexity index is 379. The number of amides is 1. The average molecular weight is 282 g/mol. The second-order valence-corrected chi connectivity index (χ2v) is 6.33. The van der Waals surface area contributed by atoms with Gasteiger partial charge >= 0.3 is 5.97 Å². The van der Waals surface area contributed by atoms with E-state index in [4.69, 9.17) is 4.74 Å². The molecule has 2 rings (SSSR count). The van der Waals surface area contributed by atoms with Crippen LogP contribution in [0.4, 0.5) is 0 Å². The highest BCUT2D eigenvalue weighted by atomic mass is 16.5. The molecular weight excluding hydrogens is 256 g/mol. The van der Waals surface area contributed by atoms with Crippen LogP contribution in [0.2, 0.25) is 0 Å². The van der Waals surface area contributed by atoms with Crippen LogP contribution in [0.5, 0.6) is 0 Å². The van der Waals surface area contributed by atoms with Crippen LogP contribution in [0.3, 0.4) is 0 Å². The van der Waals surface area contributed by atoms with Crippen LogP contribution in [-0.4, -0.2) is 49.1 Å². The Labute approximate surface area is 121 Å². The maximum Gasteiger partial charge on any atom is 0.313 e. The Hall–Kier alpha value is -1.10. The molecule has 2 aliphatic rings. The molecule has 0 aromatic carbocycles. The lowest BCUT2D eigenvalue weighted by Crippen LogP contribution is -2.43. The van der Waals surface area contributed by atoms with Gasteiger partial charge in [-0.1, -0.05) is 13.8 Å². The van der Waals surface area contributed by atoms with E-state index < -0.39 is 5.41 Å². The second kappa shape index (κ2) is 6.12. The molecule has 1 heterocycles. The second-order valence-electron chi connectivity index (χ2n) is 6.33. The van der Waals surface area contributed by atoms with Crippen molar-refractivity contribution in [2.75, 3.05) is 26.2 Å². The van der Waals surface area contributed by atoms with Gasteiger partial charge < -0.3 is 10.1 Å². The predicted octanol–water partition coefficient (Wildman–Crippen LogP) is 1.18. The van der Waals surface area contributed by atoms with E-state index in [1.807, 2.05) is 6.92 Å². The summed E-state index contributed by atoms with van der Waals surface area (Å²) in [6.45, 7) is 8.17. The molecule has 1 amide bonds. The number of carbonyl (C=O) groups is 2. The van der Waals surface area contributed by atoms with E-state index in [0.29, 0.717) is 25.7 Å². The van der Waals surface area contributed by atoms with Crippen molar-refractivity contribution in [3.63, 3.8) is 0 Å². The molecule has 1 atom stereocenters. The predicted molar refractivity (Wildman–Crippen MR) is 76.1 cm³/mol. The van der Waals surface area contributed by atoms with Gasteiger partial charge in [0.15, 0.2) is 0 Å². The van der Waals surface area contributed by atoms with E-state index >= 15 is 0 Å². The first-order chi connectivity index (χ1) is 9.48. The lowest BCUT2D eigenvalue weighted by atomic mass is 9.76. The molecule has 20 heavy (non-hydrogen) atoms. The van der Waals surface area contributed by atoms with Crippen molar-refractivity contribution in [3.05, 3.63) is 0 Å². The van der Waals surface area contributed by atoms with Crippen LogP contribution in [-0.2, 0) is 14.3 Å². The van der Waals surface area contributed by atoms with Gasteiger partial charge in [-0.15, -0.1) is 0 Å². The van der Waals surface area contributed by atoms with Crippen molar-refractivity contribution >= 4 is 11.9 Å². The summed E-state index contributed by atoms with van der Waals surface area (Å²) < 4.78 is 5.25. The van der Waals surface area contributed by atoms with Gasteiger partial charge in [0.2, 0.25) is 5.91 Å². The Balaban J connectivity index is 1.92. The number of hydrogen-bond acceptors (Lipinski definition) is 4. The first kappa shape index (κ1) is 15.3. The third-order valence-electron chi connectivity index (χ3n) is 4.48. The van der Waals surface area contributed by atoms with Crippen LogP contribution >= 0.6 is 0 Å². The molecule has 1 unspecified atom stereocenters. The van der Waals surface area contributed by atoms with E-state index in [9.17, 15) is 9.59 Å². The molecule has 0 spiro atoms. The number of nitrogens with one attached hydrogen (secondary N) is 1. The van der Waals surface area contributed by atoms with Gasteiger partial charge in [0.05, 0.1) is 18.6 Å². The standard InChI is InChI=1S/C15H26N2O3/c1-4-20-14(19)15(11(2)3)7-8-17(10-15)9-13(18)16-12-5-6-12/h11-12H,4-10H2,1-3H3,(H,16,18). The van der Waals surface area contributed by atoms with Crippen molar-refractivity contribution in [2.24, 2.45) is 11.3 Å². The van der Waals surface area contributed by atoms with Crippen LogP contribution in [0.15, 0.2) is 0 Å². The molecule has 5 nitrogen and oxygen atoms in total. The van der Waals surface area contributed by atoms with E-state index in [2.05, 4.69) is 24.1 Å². The molecule has 1 saturated carbocycles. The minimum atomic E-state index is -0.449. The summed E-state index contributed by atoms with van der Waals surface area (Å²) in [6.07, 6.45) is 2.98. The number of esters is 1. The summed E-state index contributed by atoms with van der Waals surface area (Å²) in [6, 6.07) is 0.394. The maximum absolute atomic E-state index is 12.3. The van der Waals surface area contributed by atoms with Crippen LogP contribution in [0.1, 0.15) is 40.0 Å². The molecule has 2 fully saturated rings. The molecule has 0 bridgehead atoms. The third-order valence-corrected chi connectivity index (χ3v) is 4.48. The molecule has 5 heteroatoms. The monoisotopic (exact) mass is 282 g/mol. The van der Waals surface area contributed by atoms with Crippen molar-refractivity contribution in [2.45, 2.75) is 46.1 Å². The molecule has 1 N–H and O–H groups in total. The quantitative estimate of drug-likeness (QED) is 0.743. The number of carbonyl (C=O) groups excluding carboxylic acids is 2. The zero-order valence-electron chi connectivity index (χ0n) is 12.8. The Morgan fingerprint density at radius 2 is 2.10 bits per heavy atom. The van der Waals surface area contributed by atoms with Gasteiger partial charge in [-0.3, -0.25) is 14.5 Å². The van der Waals surface area contributed by atoms with Crippen LogP contribution in [0, 0.1) is 11.3 Å². The zero-order chi connectivity index (χ0) is 14.8. The summed E-state index contributed by atoms with van der Waals surface area (Å²) in [5, 5.41) is 2.99. The lowest BCUT2D eigenvalue weighted by molar-refractivity contribution is -0.157. The number of hydrogen-bond donors (Lipinski definition) is 1. The van der Waals surface area contributed by atoms with Gasteiger partial charge in [-0.25, -0.2) is 0 Å². The van der Waals surface area contributed by atoms with Crippen LogP contribution < -0.4 is 5.32 Å².